The highest BCUT2D eigenvalue weighted by Gasteiger charge is 2.04. The Morgan fingerprint density at radius 1 is 1.23 bits per heavy atom. The number of carbonyl (C=O) groups excluding carboxylic acids is 1. The molecule has 0 radical (unpaired) electrons. The van der Waals surface area contributed by atoms with Crippen molar-refractivity contribution in [2.24, 2.45) is 0 Å². The van der Waals surface area contributed by atoms with Gasteiger partial charge in [-0.2, -0.15) is 0 Å². The standard InChI is InChI=1S/C9H7F2NO/c10-7-5-8(11)9(12)4-6(7)2-1-3-13/h1-5H,12H2. The summed E-state index contributed by atoms with van der Waals surface area (Å²) in [5.41, 5.74) is 5.14. The van der Waals surface area contributed by atoms with Crippen LogP contribution < -0.4 is 5.73 Å². The molecule has 1 aromatic carbocycles. The van der Waals surface area contributed by atoms with Crippen molar-refractivity contribution in [2.45, 2.75) is 0 Å². The zero-order valence-corrected chi connectivity index (χ0v) is 6.63. The highest BCUT2D eigenvalue weighted by atomic mass is 19.1. The van der Waals surface area contributed by atoms with Crippen molar-refractivity contribution in [1.29, 1.82) is 0 Å². The molecule has 0 bridgehead atoms. The molecule has 0 atom stereocenters. The number of carbonyl (C=O) groups is 1. The summed E-state index contributed by atoms with van der Waals surface area (Å²) in [5, 5.41) is 0. The van der Waals surface area contributed by atoms with Gasteiger partial charge in [0.2, 0.25) is 0 Å². The average molecular weight is 183 g/mol. The molecule has 1 aromatic rings. The maximum Gasteiger partial charge on any atom is 0.149 e. The van der Waals surface area contributed by atoms with E-state index in [1.54, 1.807) is 0 Å². The van der Waals surface area contributed by atoms with Gasteiger partial charge in [-0.15, -0.1) is 0 Å². The Hall–Kier alpha value is -1.71. The summed E-state index contributed by atoms with van der Waals surface area (Å²) in [6.07, 6.45) is 2.83. The lowest BCUT2D eigenvalue weighted by Crippen LogP contribution is -1.93. The van der Waals surface area contributed by atoms with E-state index < -0.39 is 11.6 Å². The molecule has 13 heavy (non-hydrogen) atoms. The molecule has 2 nitrogen and oxygen atoms in total. The van der Waals surface area contributed by atoms with E-state index >= 15 is 0 Å². The molecule has 0 aliphatic heterocycles. The number of hydrogen-bond acceptors (Lipinski definition) is 2. The highest BCUT2D eigenvalue weighted by Crippen LogP contribution is 2.17. The van der Waals surface area contributed by atoms with Gasteiger partial charge in [-0.1, -0.05) is 0 Å². The zero-order chi connectivity index (χ0) is 9.84. The summed E-state index contributed by atoms with van der Waals surface area (Å²) >= 11 is 0. The van der Waals surface area contributed by atoms with Gasteiger partial charge in [0.25, 0.3) is 0 Å². The summed E-state index contributed by atoms with van der Waals surface area (Å²) in [5.74, 6) is -1.55. The molecule has 0 aliphatic carbocycles. The molecule has 0 fully saturated rings. The Balaban J connectivity index is 3.15. The van der Waals surface area contributed by atoms with Crippen LogP contribution in [-0.4, -0.2) is 6.29 Å². The lowest BCUT2D eigenvalue weighted by Gasteiger charge is -1.99. The van der Waals surface area contributed by atoms with Gasteiger partial charge in [0, 0.05) is 11.6 Å². The predicted octanol–water partition coefficient (Wildman–Crippen LogP) is 1.76. The van der Waals surface area contributed by atoms with Gasteiger partial charge in [-0.05, 0) is 18.2 Å². The van der Waals surface area contributed by atoms with Crippen LogP contribution in [0, 0.1) is 11.6 Å². The SMILES string of the molecule is Nc1cc(C=CC=O)c(F)cc1F. The summed E-state index contributed by atoms with van der Waals surface area (Å²) < 4.78 is 25.5. The summed E-state index contributed by atoms with van der Waals surface area (Å²) in [6.45, 7) is 0. The number of halogens is 2. The first-order chi connectivity index (χ1) is 6.15. The van der Waals surface area contributed by atoms with Crippen LogP contribution in [-0.2, 0) is 4.79 Å². The van der Waals surface area contributed by atoms with Crippen LogP contribution in [0.4, 0.5) is 14.5 Å². The third kappa shape index (κ3) is 2.11. The van der Waals surface area contributed by atoms with Crippen LogP contribution in [0.15, 0.2) is 18.2 Å². The van der Waals surface area contributed by atoms with Gasteiger partial charge in [-0.25, -0.2) is 8.78 Å². The van der Waals surface area contributed by atoms with Gasteiger partial charge in [-0.3, -0.25) is 4.79 Å². The fraction of sp³-hybridized carbons (Fsp3) is 0. The number of nitrogen functional groups attached to an aromatic ring is 1. The first-order valence-electron chi connectivity index (χ1n) is 3.51. The van der Waals surface area contributed by atoms with Crippen molar-refractivity contribution in [2.75, 3.05) is 5.73 Å². The minimum Gasteiger partial charge on any atom is -0.396 e. The first kappa shape index (κ1) is 9.38. The minimum absolute atomic E-state index is 0.0889. The number of allylic oxidation sites excluding steroid dienone is 1. The Morgan fingerprint density at radius 3 is 2.54 bits per heavy atom. The monoisotopic (exact) mass is 183 g/mol. The lowest BCUT2D eigenvalue weighted by atomic mass is 10.1. The van der Waals surface area contributed by atoms with E-state index in [4.69, 9.17) is 5.73 Å². The lowest BCUT2D eigenvalue weighted by molar-refractivity contribution is -0.104. The van der Waals surface area contributed by atoms with E-state index in [-0.39, 0.29) is 11.3 Å². The summed E-state index contributed by atoms with van der Waals surface area (Å²) in [6, 6.07) is 1.81. The smallest absolute Gasteiger partial charge is 0.149 e. The van der Waals surface area contributed by atoms with Crippen LogP contribution in [0.2, 0.25) is 0 Å². The number of anilines is 1. The predicted molar refractivity (Wildman–Crippen MR) is 45.9 cm³/mol. The highest BCUT2D eigenvalue weighted by molar-refractivity contribution is 5.74. The molecule has 68 valence electrons. The molecular weight excluding hydrogens is 176 g/mol. The second-order valence-corrected chi connectivity index (χ2v) is 2.39. The van der Waals surface area contributed by atoms with Crippen molar-refractivity contribution in [1.82, 2.24) is 0 Å². The van der Waals surface area contributed by atoms with Crippen molar-refractivity contribution >= 4 is 18.0 Å². The Bertz CT molecular complexity index is 361. The first-order valence-corrected chi connectivity index (χ1v) is 3.51. The van der Waals surface area contributed by atoms with Crippen molar-refractivity contribution in [3.8, 4) is 0 Å². The molecule has 0 aliphatic rings. The maximum atomic E-state index is 12.9. The molecule has 0 aromatic heterocycles. The van der Waals surface area contributed by atoms with E-state index in [1.807, 2.05) is 0 Å². The van der Waals surface area contributed by atoms with E-state index in [9.17, 15) is 13.6 Å². The van der Waals surface area contributed by atoms with Gasteiger partial charge in [0.05, 0.1) is 5.69 Å². The molecule has 0 unspecified atom stereocenters. The normalized spacial score (nSPS) is 10.6. The van der Waals surface area contributed by atoms with Crippen molar-refractivity contribution < 1.29 is 13.6 Å². The average Bonchev–Trinajstić information content (AvgIpc) is 2.09. The molecule has 1 rings (SSSR count). The van der Waals surface area contributed by atoms with E-state index in [0.717, 1.165) is 12.1 Å². The van der Waals surface area contributed by atoms with Crippen molar-refractivity contribution in [3.05, 3.63) is 35.4 Å². The van der Waals surface area contributed by atoms with E-state index in [0.29, 0.717) is 12.4 Å². The van der Waals surface area contributed by atoms with Crippen molar-refractivity contribution in [3.63, 3.8) is 0 Å². The van der Waals surface area contributed by atoms with Gasteiger partial charge < -0.3 is 5.73 Å². The van der Waals surface area contributed by atoms with Crippen LogP contribution in [0.1, 0.15) is 5.56 Å². The molecule has 0 saturated heterocycles. The third-order valence-electron chi connectivity index (χ3n) is 1.47. The van der Waals surface area contributed by atoms with Crippen LogP contribution in [0.25, 0.3) is 6.08 Å². The van der Waals surface area contributed by atoms with E-state index in [2.05, 4.69) is 0 Å². The Kier molecular flexibility index (Phi) is 2.74. The number of rotatable bonds is 2. The summed E-state index contributed by atoms with van der Waals surface area (Å²) in [4.78, 5) is 9.93. The molecular formula is C9H7F2NO. The molecule has 2 N–H and O–H groups in total. The second kappa shape index (κ2) is 3.80. The Labute approximate surface area is 73.7 Å². The number of nitrogens with two attached hydrogens (primary N) is 1. The molecule has 0 saturated carbocycles. The number of benzene rings is 1. The quantitative estimate of drug-likeness (QED) is 0.431. The molecule has 0 spiro atoms. The van der Waals surface area contributed by atoms with Crippen LogP contribution in [0.3, 0.4) is 0 Å². The zero-order valence-electron chi connectivity index (χ0n) is 6.63. The second-order valence-electron chi connectivity index (χ2n) is 2.39. The Morgan fingerprint density at radius 2 is 1.92 bits per heavy atom. The maximum absolute atomic E-state index is 12.9. The largest absolute Gasteiger partial charge is 0.396 e. The molecule has 4 heteroatoms. The fourth-order valence-corrected chi connectivity index (χ4v) is 0.854. The van der Waals surface area contributed by atoms with E-state index in [1.165, 1.54) is 6.08 Å². The molecule has 0 amide bonds. The third-order valence-corrected chi connectivity index (χ3v) is 1.47. The summed E-state index contributed by atoms with van der Waals surface area (Å²) in [7, 11) is 0. The minimum atomic E-state index is -0.805. The van der Waals surface area contributed by atoms with Crippen LogP contribution in [0.5, 0.6) is 0 Å². The molecule has 0 heterocycles. The van der Waals surface area contributed by atoms with Crippen LogP contribution >= 0.6 is 0 Å². The number of aldehydes is 1. The van der Waals surface area contributed by atoms with Gasteiger partial charge in [0.1, 0.15) is 17.9 Å². The fourth-order valence-electron chi connectivity index (χ4n) is 0.854. The van der Waals surface area contributed by atoms with Gasteiger partial charge in [0.15, 0.2) is 0 Å². The number of hydrogen-bond donors (Lipinski definition) is 1. The topological polar surface area (TPSA) is 43.1 Å². The van der Waals surface area contributed by atoms with Gasteiger partial charge >= 0.3 is 0 Å².